The number of benzene rings is 1. The van der Waals surface area contributed by atoms with E-state index in [-0.39, 0.29) is 5.41 Å². The lowest BCUT2D eigenvalue weighted by Crippen LogP contribution is -2.35. The standard InChI is InChI=1S/C15H22N2O2/c1-11-7-17(9-15(2,3)8-16-11)12-4-5-13-14(6-12)19-10-18-13/h4-6,11,16H,7-10H2,1-3H3. The third kappa shape index (κ3) is 2.63. The lowest BCUT2D eigenvalue weighted by atomic mass is 9.93. The molecule has 2 aliphatic heterocycles. The Morgan fingerprint density at radius 2 is 2.05 bits per heavy atom. The molecule has 1 unspecified atom stereocenters. The second kappa shape index (κ2) is 4.60. The fraction of sp³-hybridized carbons (Fsp3) is 0.600. The van der Waals surface area contributed by atoms with Crippen LogP contribution in [-0.4, -0.2) is 32.5 Å². The lowest BCUT2D eigenvalue weighted by molar-refractivity contribution is 0.174. The zero-order valence-corrected chi connectivity index (χ0v) is 11.9. The average molecular weight is 262 g/mol. The summed E-state index contributed by atoms with van der Waals surface area (Å²) in [6.07, 6.45) is 0. The Balaban J connectivity index is 1.87. The molecule has 0 spiro atoms. The summed E-state index contributed by atoms with van der Waals surface area (Å²) in [6, 6.07) is 6.72. The maximum absolute atomic E-state index is 5.48. The quantitative estimate of drug-likeness (QED) is 0.841. The highest BCUT2D eigenvalue weighted by Gasteiger charge is 2.28. The minimum Gasteiger partial charge on any atom is -0.454 e. The molecule has 0 aromatic heterocycles. The predicted octanol–water partition coefficient (Wildman–Crippen LogP) is 2.24. The molecular weight excluding hydrogens is 240 g/mol. The molecule has 1 fully saturated rings. The van der Waals surface area contributed by atoms with Crippen LogP contribution in [0.2, 0.25) is 0 Å². The van der Waals surface area contributed by atoms with Gasteiger partial charge in [0.2, 0.25) is 6.79 Å². The predicted molar refractivity (Wildman–Crippen MR) is 76.0 cm³/mol. The Morgan fingerprint density at radius 1 is 1.26 bits per heavy atom. The van der Waals surface area contributed by atoms with Crippen molar-refractivity contribution in [2.45, 2.75) is 26.8 Å². The first-order chi connectivity index (χ1) is 9.03. The molecule has 0 aliphatic carbocycles. The maximum Gasteiger partial charge on any atom is 0.231 e. The number of hydrogen-bond acceptors (Lipinski definition) is 4. The van der Waals surface area contributed by atoms with Crippen molar-refractivity contribution in [3.05, 3.63) is 18.2 Å². The first-order valence-electron chi connectivity index (χ1n) is 6.91. The van der Waals surface area contributed by atoms with Crippen molar-refractivity contribution in [3.63, 3.8) is 0 Å². The van der Waals surface area contributed by atoms with Crippen molar-refractivity contribution in [3.8, 4) is 11.5 Å². The summed E-state index contributed by atoms with van der Waals surface area (Å²) < 4.78 is 10.8. The van der Waals surface area contributed by atoms with Crippen LogP contribution in [0.4, 0.5) is 5.69 Å². The van der Waals surface area contributed by atoms with Crippen molar-refractivity contribution in [1.82, 2.24) is 5.32 Å². The van der Waals surface area contributed by atoms with Crippen LogP contribution in [0.1, 0.15) is 20.8 Å². The van der Waals surface area contributed by atoms with Gasteiger partial charge in [0.1, 0.15) is 0 Å². The maximum atomic E-state index is 5.48. The van der Waals surface area contributed by atoms with E-state index in [0.29, 0.717) is 12.8 Å². The van der Waals surface area contributed by atoms with Crippen LogP contribution in [0, 0.1) is 5.41 Å². The van der Waals surface area contributed by atoms with Gasteiger partial charge in [0, 0.05) is 37.4 Å². The lowest BCUT2D eigenvalue weighted by Gasteiger charge is -2.31. The van der Waals surface area contributed by atoms with Gasteiger partial charge in [-0.15, -0.1) is 0 Å². The molecule has 0 bridgehead atoms. The van der Waals surface area contributed by atoms with Crippen LogP contribution in [0.3, 0.4) is 0 Å². The van der Waals surface area contributed by atoms with Gasteiger partial charge in [-0.05, 0) is 24.5 Å². The Bertz CT molecular complexity index is 473. The third-order valence-corrected chi connectivity index (χ3v) is 3.76. The number of anilines is 1. The Hall–Kier alpha value is -1.42. The van der Waals surface area contributed by atoms with Crippen LogP contribution < -0.4 is 19.7 Å². The topological polar surface area (TPSA) is 33.7 Å². The number of ether oxygens (including phenoxy) is 2. The molecule has 1 aromatic rings. The van der Waals surface area contributed by atoms with Gasteiger partial charge in [-0.25, -0.2) is 0 Å². The molecule has 0 radical (unpaired) electrons. The molecule has 3 rings (SSSR count). The minimum atomic E-state index is 0.265. The van der Waals surface area contributed by atoms with Crippen molar-refractivity contribution >= 4 is 5.69 Å². The van der Waals surface area contributed by atoms with Crippen molar-refractivity contribution in [1.29, 1.82) is 0 Å². The first-order valence-corrected chi connectivity index (χ1v) is 6.91. The van der Waals surface area contributed by atoms with Crippen LogP contribution in [0.25, 0.3) is 0 Å². The van der Waals surface area contributed by atoms with E-state index in [1.54, 1.807) is 0 Å². The van der Waals surface area contributed by atoms with Crippen molar-refractivity contribution in [2.24, 2.45) is 5.41 Å². The normalized spacial score (nSPS) is 25.2. The van der Waals surface area contributed by atoms with E-state index in [1.807, 2.05) is 6.07 Å². The highest BCUT2D eigenvalue weighted by atomic mass is 16.7. The number of nitrogens with one attached hydrogen (secondary N) is 1. The fourth-order valence-electron chi connectivity index (χ4n) is 2.76. The van der Waals surface area contributed by atoms with E-state index in [1.165, 1.54) is 5.69 Å². The van der Waals surface area contributed by atoms with Crippen LogP contribution in [-0.2, 0) is 0 Å². The number of hydrogen-bond donors (Lipinski definition) is 1. The molecule has 2 heterocycles. The Kier molecular flexibility index (Phi) is 3.05. The summed E-state index contributed by atoms with van der Waals surface area (Å²) in [5.74, 6) is 1.71. The second-order valence-corrected chi connectivity index (χ2v) is 6.36. The molecule has 1 aromatic carbocycles. The highest BCUT2D eigenvalue weighted by molar-refractivity contribution is 5.57. The summed E-state index contributed by atoms with van der Waals surface area (Å²) >= 11 is 0. The molecule has 4 nitrogen and oxygen atoms in total. The van der Waals surface area contributed by atoms with E-state index in [4.69, 9.17) is 9.47 Å². The van der Waals surface area contributed by atoms with Gasteiger partial charge in [-0.1, -0.05) is 13.8 Å². The first kappa shape index (κ1) is 12.6. The number of rotatable bonds is 1. The Labute approximate surface area is 114 Å². The molecule has 1 atom stereocenters. The van der Waals surface area contributed by atoms with Crippen molar-refractivity contribution in [2.75, 3.05) is 31.3 Å². The molecule has 1 saturated heterocycles. The van der Waals surface area contributed by atoms with Gasteiger partial charge in [-0.3, -0.25) is 0 Å². The number of fused-ring (bicyclic) bond motifs is 1. The van der Waals surface area contributed by atoms with Crippen LogP contribution >= 0.6 is 0 Å². The molecule has 0 saturated carbocycles. The summed E-state index contributed by atoms with van der Waals surface area (Å²) in [4.78, 5) is 2.44. The van der Waals surface area contributed by atoms with Gasteiger partial charge in [0.25, 0.3) is 0 Å². The molecular formula is C15H22N2O2. The molecule has 19 heavy (non-hydrogen) atoms. The van der Waals surface area contributed by atoms with Gasteiger partial charge in [-0.2, -0.15) is 0 Å². The summed E-state index contributed by atoms with van der Waals surface area (Å²) in [7, 11) is 0. The third-order valence-electron chi connectivity index (χ3n) is 3.76. The largest absolute Gasteiger partial charge is 0.454 e. The molecule has 0 amide bonds. The second-order valence-electron chi connectivity index (χ2n) is 6.36. The fourth-order valence-corrected chi connectivity index (χ4v) is 2.76. The highest BCUT2D eigenvalue weighted by Crippen LogP contribution is 2.36. The van der Waals surface area contributed by atoms with E-state index >= 15 is 0 Å². The summed E-state index contributed by atoms with van der Waals surface area (Å²) in [5.41, 5.74) is 1.48. The summed E-state index contributed by atoms with van der Waals surface area (Å²) in [6.45, 7) is 10.3. The SMILES string of the molecule is CC1CN(c2ccc3c(c2)OCO3)CC(C)(C)CN1. The van der Waals surface area contributed by atoms with Gasteiger partial charge < -0.3 is 19.7 Å². The zero-order chi connectivity index (χ0) is 13.5. The van der Waals surface area contributed by atoms with Crippen LogP contribution in [0.15, 0.2) is 18.2 Å². The zero-order valence-electron chi connectivity index (χ0n) is 11.9. The van der Waals surface area contributed by atoms with E-state index in [2.05, 4.69) is 43.1 Å². The molecule has 1 N–H and O–H groups in total. The van der Waals surface area contributed by atoms with Crippen molar-refractivity contribution < 1.29 is 9.47 Å². The molecule has 2 aliphatic rings. The van der Waals surface area contributed by atoms with E-state index < -0.39 is 0 Å². The number of nitrogens with zero attached hydrogens (tertiary/aromatic N) is 1. The van der Waals surface area contributed by atoms with E-state index in [9.17, 15) is 0 Å². The molecule has 104 valence electrons. The Morgan fingerprint density at radius 3 is 2.89 bits per heavy atom. The average Bonchev–Trinajstić information content (AvgIpc) is 2.77. The molecule has 4 heteroatoms. The smallest absolute Gasteiger partial charge is 0.231 e. The monoisotopic (exact) mass is 262 g/mol. The minimum absolute atomic E-state index is 0.265. The van der Waals surface area contributed by atoms with E-state index in [0.717, 1.165) is 31.1 Å². The van der Waals surface area contributed by atoms with Gasteiger partial charge in [0.15, 0.2) is 11.5 Å². The van der Waals surface area contributed by atoms with Crippen LogP contribution in [0.5, 0.6) is 11.5 Å². The van der Waals surface area contributed by atoms with Gasteiger partial charge in [0.05, 0.1) is 0 Å². The van der Waals surface area contributed by atoms with Gasteiger partial charge >= 0.3 is 0 Å². The summed E-state index contributed by atoms with van der Waals surface area (Å²) in [5, 5.41) is 3.59.